The van der Waals surface area contributed by atoms with E-state index in [9.17, 15) is 0 Å². The van der Waals surface area contributed by atoms with Gasteiger partial charge in [0.25, 0.3) is 0 Å². The van der Waals surface area contributed by atoms with Gasteiger partial charge in [0.05, 0.1) is 11.7 Å². The summed E-state index contributed by atoms with van der Waals surface area (Å²) in [7, 11) is 0. The number of allylic oxidation sites excluding steroid dienone is 1. The van der Waals surface area contributed by atoms with Gasteiger partial charge in [-0.25, -0.2) is 0 Å². The van der Waals surface area contributed by atoms with Crippen LogP contribution >= 0.6 is 0 Å². The third-order valence-electron chi connectivity index (χ3n) is 8.61. The molecule has 7 atom stereocenters. The van der Waals surface area contributed by atoms with Gasteiger partial charge in [-0.1, -0.05) is 26.8 Å². The van der Waals surface area contributed by atoms with Gasteiger partial charge in [-0.15, -0.1) is 0 Å². The van der Waals surface area contributed by atoms with Gasteiger partial charge in [0.1, 0.15) is 0 Å². The molecule has 0 aromatic heterocycles. The van der Waals surface area contributed by atoms with Crippen LogP contribution in [0.25, 0.3) is 0 Å². The van der Waals surface area contributed by atoms with Crippen molar-refractivity contribution in [3.8, 4) is 0 Å². The summed E-state index contributed by atoms with van der Waals surface area (Å²) >= 11 is 0. The number of rotatable bonds is 0. The molecule has 1 aliphatic heterocycles. The molecule has 5 rings (SSSR count). The van der Waals surface area contributed by atoms with Crippen LogP contribution in [0, 0.1) is 28.6 Å². The first-order valence-electron chi connectivity index (χ1n) is 9.38. The molecule has 4 aliphatic carbocycles. The lowest BCUT2D eigenvalue weighted by molar-refractivity contribution is -0.168. The van der Waals surface area contributed by atoms with E-state index in [2.05, 4.69) is 39.8 Å². The van der Waals surface area contributed by atoms with Gasteiger partial charge < -0.3 is 9.47 Å². The van der Waals surface area contributed by atoms with Gasteiger partial charge in [-0.05, 0) is 73.7 Å². The Balaban J connectivity index is 1.60. The fourth-order valence-electron chi connectivity index (χ4n) is 7.56. The van der Waals surface area contributed by atoms with Crippen molar-refractivity contribution in [3.63, 3.8) is 0 Å². The lowest BCUT2D eigenvalue weighted by atomic mass is 9.63. The molecule has 22 heavy (non-hydrogen) atoms. The summed E-state index contributed by atoms with van der Waals surface area (Å²) in [6, 6.07) is 0. The highest BCUT2D eigenvalue weighted by atomic mass is 16.8. The number of hydrogen-bond acceptors (Lipinski definition) is 2. The maximum Gasteiger partial charge on any atom is 0.189 e. The summed E-state index contributed by atoms with van der Waals surface area (Å²) in [5.41, 5.74) is 0.814. The van der Waals surface area contributed by atoms with Gasteiger partial charge in [0.2, 0.25) is 0 Å². The zero-order valence-electron chi connectivity index (χ0n) is 14.5. The molecule has 1 saturated heterocycles. The third kappa shape index (κ3) is 1.37. The molecule has 4 fully saturated rings. The normalized spacial score (nSPS) is 60.9. The average Bonchev–Trinajstić information content (AvgIpc) is 3.12. The second kappa shape index (κ2) is 3.83. The van der Waals surface area contributed by atoms with Crippen LogP contribution in [0.5, 0.6) is 0 Å². The molecule has 2 heteroatoms. The topological polar surface area (TPSA) is 18.5 Å². The third-order valence-corrected chi connectivity index (χ3v) is 8.61. The number of ether oxygens (including phenoxy) is 2. The molecule has 2 spiro atoms. The van der Waals surface area contributed by atoms with Crippen molar-refractivity contribution < 1.29 is 9.47 Å². The highest BCUT2D eigenvalue weighted by Gasteiger charge is 2.74. The molecule has 122 valence electrons. The fraction of sp³-hybridized carbons (Fsp3) is 0.900. The lowest BCUT2D eigenvalue weighted by Gasteiger charge is -2.47. The van der Waals surface area contributed by atoms with E-state index in [-0.39, 0.29) is 5.60 Å². The van der Waals surface area contributed by atoms with Crippen molar-refractivity contribution in [2.45, 2.75) is 83.7 Å². The smallest absolute Gasteiger partial charge is 0.189 e. The summed E-state index contributed by atoms with van der Waals surface area (Å²) in [4.78, 5) is 0. The Morgan fingerprint density at radius 2 is 1.86 bits per heavy atom. The molecule has 5 aliphatic rings. The van der Waals surface area contributed by atoms with Crippen molar-refractivity contribution in [2.24, 2.45) is 28.6 Å². The SMILES string of the molecule is C[C@@H]1CC[C@H]2C(C)(C)[C@H]3C[C@@]12C[C@@H]1O[C@@]2(C=CCC2)O[C@@]13C. The van der Waals surface area contributed by atoms with Crippen molar-refractivity contribution in [1.82, 2.24) is 0 Å². The fourth-order valence-corrected chi connectivity index (χ4v) is 7.56. The molecule has 0 N–H and O–H groups in total. The molecule has 3 saturated carbocycles. The first-order valence-corrected chi connectivity index (χ1v) is 9.38. The zero-order valence-corrected chi connectivity index (χ0v) is 14.5. The number of fused-ring (bicyclic) bond motifs is 3. The Hall–Kier alpha value is -0.340. The summed E-state index contributed by atoms with van der Waals surface area (Å²) < 4.78 is 13.4. The maximum absolute atomic E-state index is 6.76. The van der Waals surface area contributed by atoms with Crippen LogP contribution in [0.15, 0.2) is 12.2 Å². The predicted molar refractivity (Wildman–Crippen MR) is 86.3 cm³/mol. The first kappa shape index (κ1) is 14.0. The van der Waals surface area contributed by atoms with Crippen LogP contribution in [-0.4, -0.2) is 17.5 Å². The minimum Gasteiger partial charge on any atom is -0.340 e. The van der Waals surface area contributed by atoms with Crippen molar-refractivity contribution in [3.05, 3.63) is 12.2 Å². The van der Waals surface area contributed by atoms with Gasteiger partial charge in [-0.3, -0.25) is 0 Å². The Bertz CT molecular complexity index is 552. The summed E-state index contributed by atoms with van der Waals surface area (Å²) in [6.45, 7) is 9.91. The molecule has 2 nitrogen and oxygen atoms in total. The second-order valence-corrected chi connectivity index (χ2v) is 9.69. The van der Waals surface area contributed by atoms with E-state index in [1.807, 2.05) is 0 Å². The number of hydrogen-bond donors (Lipinski definition) is 0. The van der Waals surface area contributed by atoms with Gasteiger partial charge in [0.15, 0.2) is 5.79 Å². The summed E-state index contributed by atoms with van der Waals surface area (Å²) in [5, 5.41) is 0. The van der Waals surface area contributed by atoms with Gasteiger partial charge in [-0.2, -0.15) is 0 Å². The molecule has 2 bridgehead atoms. The summed E-state index contributed by atoms with van der Waals surface area (Å²) in [6.07, 6.45) is 12.3. The zero-order chi connectivity index (χ0) is 15.4. The Labute approximate surface area is 134 Å². The monoisotopic (exact) mass is 302 g/mol. The molecule has 0 aromatic rings. The highest BCUT2D eigenvalue weighted by molar-refractivity contribution is 5.23. The van der Waals surface area contributed by atoms with Crippen LogP contribution < -0.4 is 0 Å². The summed E-state index contributed by atoms with van der Waals surface area (Å²) in [5.74, 6) is 1.96. The standard InChI is InChI=1S/C20H30O2/c1-13-7-8-14-17(2,3)15-11-19(13,14)12-16-18(15,4)22-20(21-16)9-5-6-10-20/h5,9,13-16H,6-8,10-12H2,1-4H3/t13-,14+,15-,16+,18-,19-,20+/m1/s1. The predicted octanol–water partition coefficient (Wildman–Crippen LogP) is 4.69. The van der Waals surface area contributed by atoms with Gasteiger partial charge in [0, 0.05) is 6.42 Å². The Morgan fingerprint density at radius 1 is 1.05 bits per heavy atom. The molecular formula is C20H30O2. The van der Waals surface area contributed by atoms with Crippen LogP contribution in [0.3, 0.4) is 0 Å². The second-order valence-electron chi connectivity index (χ2n) is 9.69. The maximum atomic E-state index is 6.76. The minimum atomic E-state index is -0.395. The van der Waals surface area contributed by atoms with E-state index in [4.69, 9.17) is 9.47 Å². The van der Waals surface area contributed by atoms with E-state index < -0.39 is 5.79 Å². The lowest BCUT2D eigenvalue weighted by Crippen LogP contribution is -2.52. The van der Waals surface area contributed by atoms with Crippen LogP contribution in [0.1, 0.15) is 66.2 Å². The molecule has 0 unspecified atom stereocenters. The van der Waals surface area contributed by atoms with Crippen LogP contribution in [0.4, 0.5) is 0 Å². The van der Waals surface area contributed by atoms with Crippen molar-refractivity contribution >= 4 is 0 Å². The van der Waals surface area contributed by atoms with Crippen LogP contribution in [0.2, 0.25) is 0 Å². The Morgan fingerprint density at radius 3 is 2.59 bits per heavy atom. The van der Waals surface area contributed by atoms with Crippen molar-refractivity contribution in [1.29, 1.82) is 0 Å². The largest absolute Gasteiger partial charge is 0.340 e. The highest BCUT2D eigenvalue weighted by Crippen LogP contribution is 2.75. The Kier molecular flexibility index (Phi) is 2.44. The molecule has 0 amide bonds. The van der Waals surface area contributed by atoms with Crippen molar-refractivity contribution in [2.75, 3.05) is 0 Å². The van der Waals surface area contributed by atoms with E-state index >= 15 is 0 Å². The van der Waals surface area contributed by atoms with Gasteiger partial charge >= 0.3 is 0 Å². The average molecular weight is 302 g/mol. The molecule has 0 radical (unpaired) electrons. The van der Waals surface area contributed by atoms with E-state index in [0.717, 1.165) is 24.7 Å². The van der Waals surface area contributed by atoms with E-state index in [0.29, 0.717) is 22.9 Å². The first-order chi connectivity index (χ1) is 10.3. The van der Waals surface area contributed by atoms with E-state index in [1.54, 1.807) is 0 Å². The van der Waals surface area contributed by atoms with E-state index in [1.165, 1.54) is 25.7 Å². The minimum absolute atomic E-state index is 0.0898. The molecule has 1 heterocycles. The molecular weight excluding hydrogens is 272 g/mol. The van der Waals surface area contributed by atoms with Crippen LogP contribution in [-0.2, 0) is 9.47 Å². The quantitative estimate of drug-likeness (QED) is 0.604. The molecule has 0 aromatic carbocycles.